The summed E-state index contributed by atoms with van der Waals surface area (Å²) >= 11 is 0. The van der Waals surface area contributed by atoms with Crippen LogP contribution in [0, 0.1) is 11.8 Å². The zero-order chi connectivity index (χ0) is 26.0. The van der Waals surface area contributed by atoms with Gasteiger partial charge in [-0.05, 0) is 96.7 Å². The number of fused-ring (bicyclic) bond motifs is 1. The molecule has 2 aliphatic carbocycles. The molecule has 5 rings (SSSR count). The lowest BCUT2D eigenvalue weighted by Crippen LogP contribution is -2.47. The van der Waals surface area contributed by atoms with Crippen LogP contribution in [-0.2, 0) is 12.8 Å². The molecule has 1 aliphatic heterocycles. The summed E-state index contributed by atoms with van der Waals surface area (Å²) in [4.78, 5) is 13.9. The van der Waals surface area contributed by atoms with Crippen molar-refractivity contribution in [2.24, 2.45) is 11.8 Å². The standard InChI is InChI=1S/C31H36F3NO2.ClH/c32-15-2-16-35-19-22(20-35)17-21-5-7-24(8-6-21)29-27(23-11-13-31(33,34)14-12-23)4-1-3-25-18-26(30(36)37)9-10-28(25)29;/h5-10,18,22-23H,1-4,11-17,19-20H2,(H,36,37);1H. The maximum Gasteiger partial charge on any atom is 0.335 e. The van der Waals surface area contributed by atoms with Crippen molar-refractivity contribution >= 4 is 23.9 Å². The molecule has 0 amide bonds. The Hall–Kier alpha value is -2.31. The van der Waals surface area contributed by atoms with E-state index < -0.39 is 11.9 Å². The summed E-state index contributed by atoms with van der Waals surface area (Å²) < 4.78 is 40.4. The number of hydrogen-bond acceptors (Lipinski definition) is 2. The van der Waals surface area contributed by atoms with Crippen LogP contribution in [0.2, 0.25) is 0 Å². The van der Waals surface area contributed by atoms with E-state index in [4.69, 9.17) is 0 Å². The lowest BCUT2D eigenvalue weighted by atomic mass is 9.76. The molecule has 0 unspecified atom stereocenters. The first-order valence-corrected chi connectivity index (χ1v) is 13.7. The van der Waals surface area contributed by atoms with E-state index in [1.807, 2.05) is 6.07 Å². The number of aryl methyl sites for hydroxylation is 1. The molecule has 2 aromatic rings. The molecule has 1 saturated heterocycles. The summed E-state index contributed by atoms with van der Waals surface area (Å²) in [7, 11) is 0. The van der Waals surface area contributed by atoms with Crippen LogP contribution in [0.5, 0.6) is 0 Å². The second kappa shape index (κ2) is 12.3. The van der Waals surface area contributed by atoms with Crippen molar-refractivity contribution in [3.63, 3.8) is 0 Å². The third-order valence-electron chi connectivity index (χ3n) is 8.45. The molecule has 2 aromatic carbocycles. The molecule has 38 heavy (non-hydrogen) atoms. The van der Waals surface area contributed by atoms with Gasteiger partial charge in [-0.15, -0.1) is 12.4 Å². The first kappa shape index (κ1) is 28.7. The number of allylic oxidation sites excluding steroid dienone is 1. The van der Waals surface area contributed by atoms with Crippen molar-refractivity contribution in [1.82, 2.24) is 4.90 Å². The fourth-order valence-corrected chi connectivity index (χ4v) is 6.50. The Morgan fingerprint density at radius 2 is 1.74 bits per heavy atom. The number of alkyl halides is 3. The molecule has 0 bridgehead atoms. The van der Waals surface area contributed by atoms with E-state index >= 15 is 0 Å². The van der Waals surface area contributed by atoms with Gasteiger partial charge in [0.1, 0.15) is 0 Å². The maximum atomic E-state index is 14.0. The third-order valence-corrected chi connectivity index (χ3v) is 8.45. The molecule has 3 aliphatic rings. The minimum atomic E-state index is -2.57. The maximum absolute atomic E-state index is 14.0. The zero-order valence-corrected chi connectivity index (χ0v) is 22.5. The molecular weight excluding hydrogens is 511 g/mol. The van der Waals surface area contributed by atoms with E-state index in [1.54, 1.807) is 12.1 Å². The van der Waals surface area contributed by atoms with Crippen molar-refractivity contribution in [2.75, 3.05) is 26.3 Å². The van der Waals surface area contributed by atoms with Crippen molar-refractivity contribution in [3.8, 4) is 0 Å². The first-order valence-electron chi connectivity index (χ1n) is 13.7. The average molecular weight is 548 g/mol. The molecule has 7 heteroatoms. The zero-order valence-electron chi connectivity index (χ0n) is 21.7. The number of carboxylic acids is 1. The minimum absolute atomic E-state index is 0. The van der Waals surface area contributed by atoms with Crippen LogP contribution in [0.1, 0.15) is 77.6 Å². The number of carbonyl (C=O) groups is 1. The Bertz CT molecular complexity index is 1150. The van der Waals surface area contributed by atoms with Gasteiger partial charge in [0.25, 0.3) is 0 Å². The Kier molecular flexibility index (Phi) is 9.25. The lowest BCUT2D eigenvalue weighted by molar-refractivity contribution is -0.0423. The van der Waals surface area contributed by atoms with Crippen molar-refractivity contribution in [3.05, 3.63) is 75.9 Å². The summed E-state index contributed by atoms with van der Waals surface area (Å²) in [5, 5.41) is 9.53. The number of aromatic carboxylic acids is 1. The predicted octanol–water partition coefficient (Wildman–Crippen LogP) is 7.60. The van der Waals surface area contributed by atoms with E-state index in [-0.39, 0.29) is 43.4 Å². The van der Waals surface area contributed by atoms with E-state index in [9.17, 15) is 23.1 Å². The van der Waals surface area contributed by atoms with Gasteiger partial charge < -0.3 is 10.0 Å². The topological polar surface area (TPSA) is 40.5 Å². The Morgan fingerprint density at radius 3 is 2.39 bits per heavy atom. The van der Waals surface area contributed by atoms with Gasteiger partial charge in [0, 0.05) is 32.5 Å². The summed E-state index contributed by atoms with van der Waals surface area (Å²) in [5.74, 6) is -2.78. The van der Waals surface area contributed by atoms with Crippen LogP contribution >= 0.6 is 12.4 Å². The largest absolute Gasteiger partial charge is 0.478 e. The van der Waals surface area contributed by atoms with Gasteiger partial charge in [0.2, 0.25) is 5.92 Å². The minimum Gasteiger partial charge on any atom is -0.478 e. The monoisotopic (exact) mass is 547 g/mol. The molecule has 0 radical (unpaired) electrons. The van der Waals surface area contributed by atoms with E-state index in [0.717, 1.165) is 67.6 Å². The molecule has 1 heterocycles. The highest BCUT2D eigenvalue weighted by Gasteiger charge is 2.37. The highest BCUT2D eigenvalue weighted by atomic mass is 35.5. The number of hydrogen-bond donors (Lipinski definition) is 1. The second-order valence-corrected chi connectivity index (χ2v) is 11.1. The van der Waals surface area contributed by atoms with E-state index in [2.05, 4.69) is 29.2 Å². The SMILES string of the molecule is Cl.O=C(O)c1ccc2c(c1)CCCC(C1CCC(F)(F)CC1)=C2c1ccc(CC2CN(CCCF)C2)cc1. The summed E-state index contributed by atoms with van der Waals surface area (Å²) in [6.45, 7) is 2.61. The fraction of sp³-hybridized carbons (Fsp3) is 0.516. The predicted molar refractivity (Wildman–Crippen MR) is 147 cm³/mol. The quantitative estimate of drug-likeness (QED) is 0.370. The second-order valence-electron chi connectivity index (χ2n) is 11.1. The first-order chi connectivity index (χ1) is 17.8. The van der Waals surface area contributed by atoms with Crippen LogP contribution in [0.25, 0.3) is 5.57 Å². The van der Waals surface area contributed by atoms with Crippen molar-refractivity contribution in [2.45, 2.75) is 63.7 Å². The number of halogens is 4. The van der Waals surface area contributed by atoms with Gasteiger partial charge in [-0.2, -0.15) is 0 Å². The number of carboxylic acid groups (broad SMARTS) is 1. The van der Waals surface area contributed by atoms with Gasteiger partial charge >= 0.3 is 5.97 Å². The summed E-state index contributed by atoms with van der Waals surface area (Å²) in [6, 6.07) is 14.0. The Morgan fingerprint density at radius 1 is 1.03 bits per heavy atom. The molecule has 0 aromatic heterocycles. The van der Waals surface area contributed by atoms with Gasteiger partial charge in [-0.3, -0.25) is 4.39 Å². The summed E-state index contributed by atoms with van der Waals surface area (Å²) in [6.07, 6.45) is 4.97. The third kappa shape index (κ3) is 6.45. The highest BCUT2D eigenvalue weighted by Crippen LogP contribution is 2.45. The van der Waals surface area contributed by atoms with Crippen molar-refractivity contribution < 1.29 is 23.1 Å². The average Bonchev–Trinajstić information content (AvgIpc) is 3.05. The van der Waals surface area contributed by atoms with Crippen LogP contribution in [0.4, 0.5) is 13.2 Å². The Labute approximate surface area is 229 Å². The number of benzene rings is 2. The summed E-state index contributed by atoms with van der Waals surface area (Å²) in [5.41, 5.74) is 7.09. The molecule has 1 saturated carbocycles. The van der Waals surface area contributed by atoms with Gasteiger partial charge in [-0.25, -0.2) is 13.6 Å². The fourth-order valence-electron chi connectivity index (χ4n) is 6.50. The molecule has 1 N–H and O–H groups in total. The molecule has 3 nitrogen and oxygen atoms in total. The van der Waals surface area contributed by atoms with Crippen LogP contribution in [0.15, 0.2) is 48.0 Å². The number of rotatable bonds is 8. The van der Waals surface area contributed by atoms with Crippen LogP contribution in [-0.4, -0.2) is 48.2 Å². The molecule has 206 valence electrons. The highest BCUT2D eigenvalue weighted by molar-refractivity contribution is 5.90. The van der Waals surface area contributed by atoms with Gasteiger partial charge in [-0.1, -0.05) is 35.9 Å². The van der Waals surface area contributed by atoms with Crippen molar-refractivity contribution in [1.29, 1.82) is 0 Å². The van der Waals surface area contributed by atoms with Crippen LogP contribution in [0.3, 0.4) is 0 Å². The van der Waals surface area contributed by atoms with E-state index in [0.29, 0.717) is 25.2 Å². The number of likely N-dealkylation sites (tertiary alicyclic amines) is 1. The van der Waals surface area contributed by atoms with Gasteiger partial charge in [0.05, 0.1) is 12.2 Å². The smallest absolute Gasteiger partial charge is 0.335 e. The molecule has 0 spiro atoms. The molecular formula is C31H37ClF3NO2. The van der Waals surface area contributed by atoms with E-state index in [1.165, 1.54) is 11.1 Å². The van der Waals surface area contributed by atoms with Crippen LogP contribution < -0.4 is 0 Å². The number of nitrogens with zero attached hydrogens (tertiary/aromatic N) is 1. The normalized spacial score (nSPS) is 20.3. The molecule has 2 fully saturated rings. The lowest BCUT2D eigenvalue weighted by Gasteiger charge is -2.39. The molecule has 0 atom stereocenters. The Balaban J connectivity index is 0.00000336. The van der Waals surface area contributed by atoms with Gasteiger partial charge in [0.15, 0.2) is 0 Å².